The molecule has 1 saturated carbocycles. The minimum atomic E-state index is -4.72. The summed E-state index contributed by atoms with van der Waals surface area (Å²) < 4.78 is 97.9. The van der Waals surface area contributed by atoms with Crippen molar-refractivity contribution in [3.8, 4) is 16.9 Å². The van der Waals surface area contributed by atoms with Gasteiger partial charge in [-0.05, 0) is 46.6 Å². The van der Waals surface area contributed by atoms with Gasteiger partial charge in [0.05, 0.1) is 28.7 Å². The van der Waals surface area contributed by atoms with Crippen LogP contribution in [0.1, 0.15) is 45.5 Å². The summed E-state index contributed by atoms with van der Waals surface area (Å²) in [7, 11) is -7.84. The Morgan fingerprint density at radius 2 is 1.78 bits per heavy atom. The first kappa shape index (κ1) is 29.6. The molecule has 222 valence electrons. The number of piperazine rings is 1. The highest BCUT2D eigenvalue weighted by Crippen LogP contribution is 2.39. The van der Waals surface area contributed by atoms with Gasteiger partial charge < -0.3 is 4.90 Å². The Kier molecular flexibility index (Phi) is 7.13. The first-order valence-electron chi connectivity index (χ1n) is 12.6. The van der Waals surface area contributed by atoms with E-state index in [1.807, 2.05) is 11.0 Å². The molecule has 41 heavy (non-hydrogen) atoms. The van der Waals surface area contributed by atoms with Crippen LogP contribution in [0, 0.1) is 11.3 Å². The van der Waals surface area contributed by atoms with Crippen LogP contribution in [0.3, 0.4) is 0 Å². The molecule has 1 saturated heterocycles. The van der Waals surface area contributed by atoms with Crippen molar-refractivity contribution in [3.05, 3.63) is 23.5 Å². The predicted molar refractivity (Wildman–Crippen MR) is 144 cm³/mol. The minimum Gasteiger partial charge on any atom is -0.367 e. The molecule has 3 aromatic rings. The monoisotopic (exact) mass is 632 g/mol. The Hall–Kier alpha value is -2.85. The van der Waals surface area contributed by atoms with E-state index in [9.17, 15) is 35.3 Å². The first-order valence-corrected chi connectivity index (χ1v) is 16.4. The number of nitrogens with one attached hydrogen (secondary N) is 1. The van der Waals surface area contributed by atoms with Crippen molar-refractivity contribution < 1.29 is 30.0 Å². The molecular formula is C23H27F3N8O4S3. The van der Waals surface area contributed by atoms with Crippen LogP contribution in [0.15, 0.2) is 23.4 Å². The summed E-state index contributed by atoms with van der Waals surface area (Å²) in [6, 6.07) is 2.43. The molecule has 0 spiro atoms. The summed E-state index contributed by atoms with van der Waals surface area (Å²) in [5.41, 5.74) is -0.454. The van der Waals surface area contributed by atoms with E-state index in [2.05, 4.69) is 19.9 Å². The maximum atomic E-state index is 13.4. The van der Waals surface area contributed by atoms with Crippen molar-refractivity contribution in [3.63, 3.8) is 0 Å². The van der Waals surface area contributed by atoms with E-state index < -0.39 is 54.1 Å². The Balaban J connectivity index is 1.63. The van der Waals surface area contributed by atoms with Crippen LogP contribution in [0.2, 0.25) is 0 Å². The third-order valence-electron chi connectivity index (χ3n) is 7.13. The van der Waals surface area contributed by atoms with Crippen LogP contribution >= 0.6 is 11.3 Å². The zero-order valence-corrected chi connectivity index (χ0v) is 24.9. The molecular weight excluding hydrogens is 606 g/mol. The van der Waals surface area contributed by atoms with Crippen LogP contribution in [0.25, 0.3) is 16.3 Å². The van der Waals surface area contributed by atoms with Crippen LogP contribution in [0.5, 0.6) is 0 Å². The molecule has 18 heteroatoms. The normalized spacial score (nSPS) is 21.9. The van der Waals surface area contributed by atoms with E-state index >= 15 is 0 Å². The number of nitrogens with zero attached hydrogens (tertiary/aromatic N) is 7. The Morgan fingerprint density at radius 1 is 1.15 bits per heavy atom. The number of hydrogen-bond donors (Lipinski definition) is 1. The Bertz CT molecular complexity index is 1750. The molecule has 2 aliphatic rings. The maximum Gasteiger partial charge on any atom is 0.445 e. The lowest BCUT2D eigenvalue weighted by atomic mass is 10.1. The molecule has 5 rings (SSSR count). The number of rotatable bonds is 7. The average Bonchev–Trinajstić information content (AvgIpc) is 3.24. The van der Waals surface area contributed by atoms with E-state index in [0.29, 0.717) is 24.0 Å². The molecule has 1 N–H and O–H groups in total. The van der Waals surface area contributed by atoms with Crippen molar-refractivity contribution >= 4 is 42.6 Å². The molecule has 0 bridgehead atoms. The molecule has 3 aromatic heterocycles. The van der Waals surface area contributed by atoms with Crippen LogP contribution in [-0.2, 0) is 26.2 Å². The standard InChI is InChI=1S/C23H27F3N8O4S3/c1-13(2)41(37,38)34-14(3)9-32(10-15(34)4)17-7-16(40(35,36)31-22(12-27)5-6-22)11-33-18(17)8-28-19(33)20-29-30-21(39-20)23(24,25)26/h7-8,11,13-15,31H,5-6,9-10H2,1-4H3/t14-,15-/m0/s1. The summed E-state index contributed by atoms with van der Waals surface area (Å²) in [4.78, 5) is 5.86. The van der Waals surface area contributed by atoms with E-state index in [-0.39, 0.29) is 40.2 Å². The summed E-state index contributed by atoms with van der Waals surface area (Å²) in [5.74, 6) is -0.0464. The molecule has 0 unspecified atom stereocenters. The fourth-order valence-electron chi connectivity index (χ4n) is 4.97. The third kappa shape index (κ3) is 5.29. The van der Waals surface area contributed by atoms with Crippen molar-refractivity contribution in [1.82, 2.24) is 28.6 Å². The highest BCUT2D eigenvalue weighted by Gasteiger charge is 2.47. The number of anilines is 1. The van der Waals surface area contributed by atoms with Crippen LogP contribution in [0.4, 0.5) is 18.9 Å². The number of alkyl halides is 3. The third-order valence-corrected chi connectivity index (χ3v) is 12.1. The molecule has 1 aliphatic carbocycles. The van der Waals surface area contributed by atoms with E-state index in [1.165, 1.54) is 27.2 Å². The highest BCUT2D eigenvalue weighted by atomic mass is 32.2. The number of fused-ring (bicyclic) bond motifs is 1. The zero-order valence-electron chi connectivity index (χ0n) is 22.4. The van der Waals surface area contributed by atoms with Gasteiger partial charge in [0.25, 0.3) is 0 Å². The first-order chi connectivity index (χ1) is 19.0. The fourth-order valence-corrected chi connectivity index (χ4v) is 8.69. The number of sulfonamides is 2. The molecule has 0 aromatic carbocycles. The molecule has 0 amide bonds. The predicted octanol–water partition coefficient (Wildman–Crippen LogP) is 2.84. The lowest BCUT2D eigenvalue weighted by Crippen LogP contribution is -2.60. The molecule has 2 atom stereocenters. The van der Waals surface area contributed by atoms with Gasteiger partial charge in [-0.15, -0.1) is 10.2 Å². The summed E-state index contributed by atoms with van der Waals surface area (Å²) in [6.07, 6.45) is -1.41. The minimum absolute atomic E-state index is 0.0464. The highest BCUT2D eigenvalue weighted by molar-refractivity contribution is 7.90. The Labute approximate surface area is 238 Å². The number of hydrogen-bond acceptors (Lipinski definition) is 10. The van der Waals surface area contributed by atoms with Gasteiger partial charge in [-0.25, -0.2) is 21.8 Å². The van der Waals surface area contributed by atoms with E-state index in [1.54, 1.807) is 27.7 Å². The van der Waals surface area contributed by atoms with E-state index in [0.717, 1.165) is 0 Å². The lowest BCUT2D eigenvalue weighted by Gasteiger charge is -2.45. The summed E-state index contributed by atoms with van der Waals surface area (Å²) >= 11 is 0.272. The number of imidazole rings is 1. The molecule has 2 fully saturated rings. The van der Waals surface area contributed by atoms with Gasteiger partial charge >= 0.3 is 6.18 Å². The second-order valence-corrected chi connectivity index (χ2v) is 15.7. The largest absolute Gasteiger partial charge is 0.445 e. The lowest BCUT2D eigenvalue weighted by molar-refractivity contribution is -0.138. The molecule has 0 radical (unpaired) electrons. The second-order valence-electron chi connectivity index (χ2n) is 10.6. The van der Waals surface area contributed by atoms with Gasteiger partial charge in [-0.3, -0.25) is 4.40 Å². The van der Waals surface area contributed by atoms with Gasteiger partial charge in [0.1, 0.15) is 10.4 Å². The van der Waals surface area contributed by atoms with E-state index in [4.69, 9.17) is 0 Å². The number of aromatic nitrogens is 4. The molecule has 1 aliphatic heterocycles. The quantitative estimate of drug-likeness (QED) is 0.414. The summed E-state index contributed by atoms with van der Waals surface area (Å²) in [5, 5.41) is 14.3. The summed E-state index contributed by atoms with van der Waals surface area (Å²) in [6.45, 7) is 7.14. The van der Waals surface area contributed by atoms with Crippen molar-refractivity contribution in [2.45, 2.75) is 74.5 Å². The maximum absolute atomic E-state index is 13.4. The zero-order chi connectivity index (χ0) is 30.1. The second kappa shape index (κ2) is 9.87. The SMILES string of the molecule is CC(C)S(=O)(=O)N1[C@@H](C)CN(c2cc(S(=O)(=O)NC3(C#N)CC3)cn3c(-c4nnc(C(F)(F)F)s4)ncc23)C[C@@H]1C. The van der Waals surface area contributed by atoms with Crippen LogP contribution in [-0.4, -0.2) is 76.7 Å². The molecule has 4 heterocycles. The average molecular weight is 633 g/mol. The van der Waals surface area contributed by atoms with Gasteiger partial charge in [0.2, 0.25) is 25.1 Å². The topological polar surface area (TPSA) is 154 Å². The van der Waals surface area contributed by atoms with Gasteiger partial charge in [-0.2, -0.15) is 27.5 Å². The van der Waals surface area contributed by atoms with Crippen molar-refractivity contribution in [2.24, 2.45) is 0 Å². The van der Waals surface area contributed by atoms with Gasteiger partial charge in [0.15, 0.2) is 10.8 Å². The smallest absolute Gasteiger partial charge is 0.367 e. The number of pyridine rings is 1. The van der Waals surface area contributed by atoms with Crippen molar-refractivity contribution in [1.29, 1.82) is 5.26 Å². The fraction of sp³-hybridized carbons (Fsp3) is 0.565. The number of nitriles is 1. The molecule has 12 nitrogen and oxygen atoms in total. The van der Waals surface area contributed by atoms with Gasteiger partial charge in [-0.1, -0.05) is 11.3 Å². The number of halogens is 3. The van der Waals surface area contributed by atoms with Crippen LogP contribution < -0.4 is 9.62 Å². The Morgan fingerprint density at radius 3 is 2.29 bits per heavy atom. The van der Waals surface area contributed by atoms with Crippen molar-refractivity contribution in [2.75, 3.05) is 18.0 Å². The van der Waals surface area contributed by atoms with Gasteiger partial charge in [0, 0.05) is 31.4 Å².